The van der Waals surface area contributed by atoms with Gasteiger partial charge in [0.05, 0.1) is 6.04 Å². The second kappa shape index (κ2) is 6.39. The van der Waals surface area contributed by atoms with Crippen LogP contribution in [0, 0.1) is 0 Å². The number of hydrogen-bond acceptors (Lipinski definition) is 3. The molecule has 1 aliphatic carbocycles. The number of carbonyl (C=O) groups is 1. The maximum Gasteiger partial charge on any atom is 0.251 e. The Morgan fingerprint density at radius 3 is 2.62 bits per heavy atom. The monoisotopic (exact) mass is 282 g/mol. The minimum absolute atomic E-state index is 0.0400. The van der Waals surface area contributed by atoms with Crippen LogP contribution in [0.25, 0.3) is 0 Å². The van der Waals surface area contributed by atoms with Crippen molar-refractivity contribution < 1.29 is 9.53 Å². The van der Waals surface area contributed by atoms with E-state index in [9.17, 15) is 4.79 Å². The predicted molar refractivity (Wildman–Crippen MR) is 80.2 cm³/mol. The third-order valence-corrected chi connectivity index (χ3v) is 3.74. The number of rotatable bonds is 4. The number of pyridine rings is 1. The number of nitrogens with zero attached hydrogens (tertiary/aromatic N) is 1. The Hall–Kier alpha value is -2.36. The highest BCUT2D eigenvalue weighted by molar-refractivity contribution is 5.94. The average Bonchev–Trinajstić information content (AvgIpc) is 2.96. The number of aromatic nitrogens is 1. The summed E-state index contributed by atoms with van der Waals surface area (Å²) in [5.41, 5.74) is 0.635. The lowest BCUT2D eigenvalue weighted by molar-refractivity contribution is 0.0894. The molecule has 2 atom stereocenters. The number of hydrogen-bond donors (Lipinski definition) is 1. The Kier molecular flexibility index (Phi) is 4.15. The molecule has 1 aliphatic rings. The Morgan fingerprint density at radius 1 is 1.10 bits per heavy atom. The van der Waals surface area contributed by atoms with Crippen molar-refractivity contribution in [1.82, 2.24) is 10.3 Å². The molecule has 1 aromatic carbocycles. The first kappa shape index (κ1) is 13.6. The number of benzene rings is 1. The van der Waals surface area contributed by atoms with Gasteiger partial charge in [-0.1, -0.05) is 18.2 Å². The van der Waals surface area contributed by atoms with E-state index in [1.54, 1.807) is 24.5 Å². The summed E-state index contributed by atoms with van der Waals surface area (Å²) in [5, 5.41) is 3.07. The van der Waals surface area contributed by atoms with Crippen LogP contribution in [0.15, 0.2) is 54.9 Å². The van der Waals surface area contributed by atoms with Crippen LogP contribution >= 0.6 is 0 Å². The molecule has 2 unspecified atom stereocenters. The normalized spacial score (nSPS) is 21.0. The standard InChI is InChI=1S/C17H18N2O2/c20-17(13-9-11-18-12-10-13)19-15-7-4-8-16(15)21-14-5-2-1-3-6-14/h1-3,5-6,9-12,15-16H,4,7-8H2,(H,19,20). The largest absolute Gasteiger partial charge is 0.488 e. The molecule has 21 heavy (non-hydrogen) atoms. The summed E-state index contributed by atoms with van der Waals surface area (Å²) in [6, 6.07) is 13.3. The molecule has 3 rings (SSSR count). The molecule has 0 aliphatic heterocycles. The van der Waals surface area contributed by atoms with Crippen molar-refractivity contribution >= 4 is 5.91 Å². The van der Waals surface area contributed by atoms with Crippen LogP contribution in [0.3, 0.4) is 0 Å². The number of carbonyl (C=O) groups excluding carboxylic acids is 1. The van der Waals surface area contributed by atoms with E-state index < -0.39 is 0 Å². The molecular formula is C17H18N2O2. The van der Waals surface area contributed by atoms with Gasteiger partial charge in [-0.2, -0.15) is 0 Å². The van der Waals surface area contributed by atoms with Gasteiger partial charge in [-0.05, 0) is 43.5 Å². The van der Waals surface area contributed by atoms with Gasteiger partial charge in [0.1, 0.15) is 11.9 Å². The molecule has 1 N–H and O–H groups in total. The maximum absolute atomic E-state index is 12.2. The molecule has 0 radical (unpaired) electrons. The lowest BCUT2D eigenvalue weighted by Gasteiger charge is -2.22. The van der Waals surface area contributed by atoms with E-state index in [0.717, 1.165) is 25.0 Å². The molecule has 0 saturated heterocycles. The van der Waals surface area contributed by atoms with Crippen LogP contribution in [0.4, 0.5) is 0 Å². The van der Waals surface area contributed by atoms with Crippen molar-refractivity contribution in [3.63, 3.8) is 0 Å². The van der Waals surface area contributed by atoms with Crippen LogP contribution in [-0.4, -0.2) is 23.0 Å². The highest BCUT2D eigenvalue weighted by atomic mass is 16.5. The van der Waals surface area contributed by atoms with Crippen LogP contribution in [0.1, 0.15) is 29.6 Å². The first-order chi connectivity index (χ1) is 10.3. The fourth-order valence-corrected chi connectivity index (χ4v) is 2.66. The molecule has 1 amide bonds. The van der Waals surface area contributed by atoms with Gasteiger partial charge in [0.2, 0.25) is 0 Å². The Labute approximate surface area is 124 Å². The summed E-state index contributed by atoms with van der Waals surface area (Å²) >= 11 is 0. The zero-order valence-corrected chi connectivity index (χ0v) is 11.7. The summed E-state index contributed by atoms with van der Waals surface area (Å²) in [6.07, 6.45) is 6.28. The summed E-state index contributed by atoms with van der Waals surface area (Å²) in [7, 11) is 0. The van der Waals surface area contributed by atoms with Gasteiger partial charge in [-0.25, -0.2) is 0 Å². The first-order valence-corrected chi connectivity index (χ1v) is 7.25. The number of nitrogens with one attached hydrogen (secondary N) is 1. The predicted octanol–water partition coefficient (Wildman–Crippen LogP) is 2.81. The lowest BCUT2D eigenvalue weighted by Crippen LogP contribution is -2.42. The van der Waals surface area contributed by atoms with Crippen molar-refractivity contribution in [2.45, 2.75) is 31.4 Å². The second-order valence-electron chi connectivity index (χ2n) is 5.22. The average molecular weight is 282 g/mol. The molecule has 108 valence electrons. The Bertz CT molecular complexity index is 586. The fourth-order valence-electron chi connectivity index (χ4n) is 2.66. The van der Waals surface area contributed by atoms with Crippen molar-refractivity contribution in [1.29, 1.82) is 0 Å². The lowest BCUT2D eigenvalue weighted by atomic mass is 10.2. The van der Waals surface area contributed by atoms with E-state index in [1.807, 2.05) is 30.3 Å². The van der Waals surface area contributed by atoms with E-state index in [1.165, 1.54) is 0 Å². The molecule has 4 heteroatoms. The smallest absolute Gasteiger partial charge is 0.251 e. The molecule has 1 saturated carbocycles. The number of amides is 1. The quantitative estimate of drug-likeness (QED) is 0.938. The molecule has 4 nitrogen and oxygen atoms in total. The third-order valence-electron chi connectivity index (χ3n) is 3.74. The molecular weight excluding hydrogens is 264 g/mol. The van der Waals surface area contributed by atoms with Gasteiger partial charge in [0.25, 0.3) is 5.91 Å². The van der Waals surface area contributed by atoms with Crippen molar-refractivity contribution in [3.05, 3.63) is 60.4 Å². The Morgan fingerprint density at radius 2 is 1.86 bits per heavy atom. The summed E-state index contributed by atoms with van der Waals surface area (Å²) in [4.78, 5) is 16.1. The maximum atomic E-state index is 12.2. The van der Waals surface area contributed by atoms with Crippen molar-refractivity contribution in [3.8, 4) is 5.75 Å². The summed E-state index contributed by atoms with van der Waals surface area (Å²) < 4.78 is 6.00. The van der Waals surface area contributed by atoms with E-state index in [0.29, 0.717) is 5.56 Å². The highest BCUT2D eigenvalue weighted by Crippen LogP contribution is 2.24. The van der Waals surface area contributed by atoms with Crippen LogP contribution < -0.4 is 10.1 Å². The van der Waals surface area contributed by atoms with Gasteiger partial charge in [0, 0.05) is 18.0 Å². The van der Waals surface area contributed by atoms with E-state index in [-0.39, 0.29) is 18.1 Å². The van der Waals surface area contributed by atoms with E-state index in [2.05, 4.69) is 10.3 Å². The fraction of sp³-hybridized carbons (Fsp3) is 0.294. The number of ether oxygens (including phenoxy) is 1. The zero-order valence-electron chi connectivity index (χ0n) is 11.7. The zero-order chi connectivity index (χ0) is 14.5. The minimum atomic E-state index is -0.0639. The molecule has 0 bridgehead atoms. The molecule has 1 fully saturated rings. The minimum Gasteiger partial charge on any atom is -0.488 e. The van der Waals surface area contributed by atoms with Gasteiger partial charge in [0.15, 0.2) is 0 Å². The van der Waals surface area contributed by atoms with Gasteiger partial charge in [-0.15, -0.1) is 0 Å². The number of para-hydroxylation sites is 1. The van der Waals surface area contributed by atoms with Crippen LogP contribution in [-0.2, 0) is 0 Å². The van der Waals surface area contributed by atoms with Gasteiger partial charge >= 0.3 is 0 Å². The second-order valence-corrected chi connectivity index (χ2v) is 5.22. The van der Waals surface area contributed by atoms with Gasteiger partial charge in [-0.3, -0.25) is 9.78 Å². The highest BCUT2D eigenvalue weighted by Gasteiger charge is 2.30. The Balaban J connectivity index is 1.63. The molecule has 2 aromatic rings. The first-order valence-electron chi connectivity index (χ1n) is 7.25. The SMILES string of the molecule is O=C(NC1CCCC1Oc1ccccc1)c1ccncc1. The van der Waals surface area contributed by atoms with E-state index >= 15 is 0 Å². The molecule has 1 aromatic heterocycles. The molecule has 0 spiro atoms. The summed E-state index contributed by atoms with van der Waals surface area (Å²) in [6.45, 7) is 0. The van der Waals surface area contributed by atoms with Crippen LogP contribution in [0.5, 0.6) is 5.75 Å². The van der Waals surface area contributed by atoms with Crippen LogP contribution in [0.2, 0.25) is 0 Å². The topological polar surface area (TPSA) is 51.2 Å². The van der Waals surface area contributed by atoms with Gasteiger partial charge < -0.3 is 10.1 Å². The molecule has 1 heterocycles. The third kappa shape index (κ3) is 3.40. The summed E-state index contributed by atoms with van der Waals surface area (Å²) in [5.74, 6) is 0.790. The van der Waals surface area contributed by atoms with Crippen molar-refractivity contribution in [2.75, 3.05) is 0 Å². The van der Waals surface area contributed by atoms with E-state index in [4.69, 9.17) is 4.74 Å². The van der Waals surface area contributed by atoms with Crippen molar-refractivity contribution in [2.24, 2.45) is 0 Å².